The molecule has 0 amide bonds. The van der Waals surface area contributed by atoms with E-state index in [1.807, 2.05) is 0 Å². The average molecular weight is 662 g/mol. The minimum absolute atomic E-state index is 0.0185. The third-order valence-electron chi connectivity index (χ3n) is 6.32. The molecule has 0 aliphatic heterocycles. The summed E-state index contributed by atoms with van der Waals surface area (Å²) in [5, 5.41) is 0.368. The highest BCUT2D eigenvalue weighted by molar-refractivity contribution is 7.86. The summed E-state index contributed by atoms with van der Waals surface area (Å²) in [4.78, 5) is 16.5. The number of nitrogens with zero attached hydrogens (tertiary/aromatic N) is 1. The van der Waals surface area contributed by atoms with Crippen molar-refractivity contribution in [3.05, 3.63) is 70.0 Å². The largest absolute Gasteiger partial charge is 0.493 e. The molecule has 0 saturated heterocycles. The first-order valence-corrected chi connectivity index (χ1v) is 15.0. The first kappa shape index (κ1) is 32.5. The molecule has 0 N–H and O–H groups in total. The lowest BCUT2D eigenvalue weighted by Gasteiger charge is -2.21. The van der Waals surface area contributed by atoms with Gasteiger partial charge in [0.1, 0.15) is 6.10 Å². The Bertz CT molecular complexity index is 1530. The normalized spacial score (nSPS) is 13.8. The summed E-state index contributed by atoms with van der Waals surface area (Å²) in [7, 11) is -1.69. The maximum absolute atomic E-state index is 13.0. The molecule has 1 aliphatic carbocycles. The predicted molar refractivity (Wildman–Crippen MR) is 151 cm³/mol. The van der Waals surface area contributed by atoms with Crippen LogP contribution in [0.3, 0.4) is 0 Å². The van der Waals surface area contributed by atoms with Crippen LogP contribution in [0.1, 0.15) is 30.1 Å². The van der Waals surface area contributed by atoms with Gasteiger partial charge in [-0.15, -0.1) is 0 Å². The Morgan fingerprint density at radius 2 is 1.65 bits per heavy atom. The molecule has 0 bridgehead atoms. The monoisotopic (exact) mass is 661 g/mol. The van der Waals surface area contributed by atoms with Crippen molar-refractivity contribution in [3.8, 4) is 23.0 Å². The lowest BCUT2D eigenvalue weighted by molar-refractivity contribution is -0.151. The van der Waals surface area contributed by atoms with Crippen molar-refractivity contribution in [3.63, 3.8) is 0 Å². The number of carbonyl (C=O) groups excluding carboxylic acids is 1. The van der Waals surface area contributed by atoms with E-state index in [4.69, 9.17) is 46.3 Å². The van der Waals surface area contributed by atoms with E-state index in [9.17, 15) is 22.0 Å². The fraction of sp³-hybridized carbons (Fsp3) is 0.357. The van der Waals surface area contributed by atoms with Crippen LogP contribution in [-0.4, -0.2) is 53.4 Å². The van der Waals surface area contributed by atoms with Gasteiger partial charge in [0.25, 0.3) is 10.1 Å². The number of esters is 1. The molecule has 1 aromatic heterocycles. The van der Waals surface area contributed by atoms with Crippen LogP contribution in [-0.2, 0) is 30.3 Å². The number of hydrogen-bond acceptors (Lipinski definition) is 10. The van der Waals surface area contributed by atoms with Crippen LogP contribution in [0.25, 0.3) is 0 Å². The van der Waals surface area contributed by atoms with Crippen molar-refractivity contribution in [1.29, 1.82) is 0 Å². The predicted octanol–water partition coefficient (Wildman–Crippen LogP) is 6.03. The van der Waals surface area contributed by atoms with Crippen LogP contribution < -0.4 is 18.9 Å². The molecule has 43 heavy (non-hydrogen) atoms. The van der Waals surface area contributed by atoms with E-state index in [1.54, 1.807) is 0 Å². The van der Waals surface area contributed by atoms with Gasteiger partial charge in [-0.05, 0) is 54.2 Å². The molecule has 4 rings (SSSR count). The molecule has 10 nitrogen and oxygen atoms in total. The van der Waals surface area contributed by atoms with Crippen molar-refractivity contribution in [2.24, 2.45) is 5.92 Å². The van der Waals surface area contributed by atoms with Crippen molar-refractivity contribution in [2.45, 2.75) is 36.9 Å². The second-order valence-corrected chi connectivity index (χ2v) is 11.8. The molecule has 3 aromatic rings. The Balaban J connectivity index is 1.57. The number of benzene rings is 2. The number of pyridine rings is 1. The van der Waals surface area contributed by atoms with E-state index >= 15 is 0 Å². The van der Waals surface area contributed by atoms with Gasteiger partial charge in [-0.3, -0.25) is 9.17 Å². The zero-order valence-electron chi connectivity index (χ0n) is 22.9. The highest BCUT2D eigenvalue weighted by atomic mass is 35.5. The third kappa shape index (κ3) is 8.82. The number of halogens is 4. The van der Waals surface area contributed by atoms with Crippen molar-refractivity contribution in [2.75, 3.05) is 27.4 Å². The Hall–Kier alpha value is -3.39. The molecule has 0 spiro atoms. The van der Waals surface area contributed by atoms with Crippen LogP contribution in [0, 0.1) is 5.92 Å². The van der Waals surface area contributed by atoms with Crippen LogP contribution in [0.4, 0.5) is 8.78 Å². The summed E-state index contributed by atoms with van der Waals surface area (Å²) in [5.41, 5.74) is 0.691. The lowest BCUT2D eigenvalue weighted by atomic mass is 10.0. The Morgan fingerprint density at radius 3 is 2.28 bits per heavy atom. The first-order chi connectivity index (χ1) is 20.5. The summed E-state index contributed by atoms with van der Waals surface area (Å²) in [6, 6.07) is 7.85. The molecule has 1 saturated carbocycles. The van der Waals surface area contributed by atoms with Crippen molar-refractivity contribution >= 4 is 39.3 Å². The van der Waals surface area contributed by atoms with E-state index < -0.39 is 35.4 Å². The fourth-order valence-corrected chi connectivity index (χ4v) is 5.32. The number of hydrogen-bond donors (Lipinski definition) is 0. The summed E-state index contributed by atoms with van der Waals surface area (Å²) >= 11 is 12.6. The van der Waals surface area contributed by atoms with Crippen LogP contribution in [0.5, 0.6) is 23.0 Å². The SMILES string of the molecule is COc1ccc(S(=O)(=O)OCC(=O)O[C@@H](Cc2c(Cl)cncc2Cl)c2ccc(OC(F)F)c(OCC3CC3)c2)cc1OC. The van der Waals surface area contributed by atoms with Gasteiger partial charge in [-0.25, -0.2) is 4.79 Å². The second-order valence-electron chi connectivity index (χ2n) is 9.34. The summed E-state index contributed by atoms with van der Waals surface area (Å²) in [6.07, 6.45) is 3.41. The molecule has 1 heterocycles. The minimum Gasteiger partial charge on any atom is -0.493 e. The van der Waals surface area contributed by atoms with E-state index in [-0.39, 0.29) is 45.2 Å². The maximum Gasteiger partial charge on any atom is 0.387 e. The van der Waals surface area contributed by atoms with Gasteiger partial charge in [0.05, 0.1) is 35.8 Å². The maximum atomic E-state index is 13.0. The highest BCUT2D eigenvalue weighted by Gasteiger charge is 2.27. The van der Waals surface area contributed by atoms with Gasteiger partial charge in [-0.2, -0.15) is 17.2 Å². The van der Waals surface area contributed by atoms with E-state index in [0.717, 1.165) is 12.8 Å². The van der Waals surface area contributed by atoms with Crippen molar-refractivity contribution in [1.82, 2.24) is 4.98 Å². The number of aromatic nitrogens is 1. The number of ether oxygens (including phenoxy) is 5. The van der Waals surface area contributed by atoms with Crippen LogP contribution in [0.15, 0.2) is 53.7 Å². The fourth-order valence-electron chi connectivity index (χ4n) is 3.93. The molecular formula is C28H27Cl2F2NO9S. The van der Waals surface area contributed by atoms with Gasteiger partial charge >= 0.3 is 12.6 Å². The minimum atomic E-state index is -4.41. The van der Waals surface area contributed by atoms with E-state index in [2.05, 4.69) is 9.72 Å². The molecule has 1 aliphatic rings. The first-order valence-electron chi connectivity index (χ1n) is 12.8. The summed E-state index contributed by atoms with van der Waals surface area (Å²) in [6.45, 7) is -3.79. The van der Waals surface area contributed by atoms with Crippen LogP contribution >= 0.6 is 23.2 Å². The highest BCUT2D eigenvalue weighted by Crippen LogP contribution is 2.38. The average Bonchev–Trinajstić information content (AvgIpc) is 3.81. The lowest BCUT2D eigenvalue weighted by Crippen LogP contribution is -2.21. The Labute approximate surface area is 256 Å². The quantitative estimate of drug-likeness (QED) is 0.141. The van der Waals surface area contributed by atoms with Crippen molar-refractivity contribution < 1.29 is 49.9 Å². The molecule has 1 atom stereocenters. The third-order valence-corrected chi connectivity index (χ3v) is 8.23. The summed E-state index contributed by atoms with van der Waals surface area (Å²) < 4.78 is 82.8. The Morgan fingerprint density at radius 1 is 0.977 bits per heavy atom. The molecule has 15 heteroatoms. The topological polar surface area (TPSA) is 119 Å². The molecule has 232 valence electrons. The van der Waals surface area contributed by atoms with Gasteiger partial charge in [0, 0.05) is 24.9 Å². The zero-order chi connectivity index (χ0) is 31.1. The zero-order valence-corrected chi connectivity index (χ0v) is 25.3. The summed E-state index contributed by atoms with van der Waals surface area (Å²) in [5.74, 6) is -0.499. The number of rotatable bonds is 15. The van der Waals surface area contributed by atoms with E-state index in [0.29, 0.717) is 22.8 Å². The van der Waals surface area contributed by atoms with Gasteiger partial charge in [-0.1, -0.05) is 29.3 Å². The number of carbonyl (C=O) groups is 1. The van der Waals surface area contributed by atoms with Crippen LogP contribution in [0.2, 0.25) is 10.0 Å². The number of alkyl halides is 2. The van der Waals surface area contributed by atoms with Gasteiger partial charge < -0.3 is 23.7 Å². The number of methoxy groups -OCH3 is 2. The molecule has 2 aromatic carbocycles. The Kier molecular flexibility index (Phi) is 10.9. The second kappa shape index (κ2) is 14.4. The smallest absolute Gasteiger partial charge is 0.387 e. The van der Waals surface area contributed by atoms with E-state index in [1.165, 1.54) is 63.0 Å². The standard InChI is InChI=1S/C28H27Cl2F2NO9S/c1-37-22-8-6-18(10-25(22)38-2)43(35,36)40-15-27(34)41-24(11-19-20(29)12-33-13-21(19)30)17-5-7-23(42-28(31)32)26(9-17)39-14-16-3-4-16/h5-10,12-13,16,24,28H,3-4,11,14-15H2,1-2H3/t24-/m0/s1. The molecule has 0 radical (unpaired) electrons. The van der Waals surface area contributed by atoms with Gasteiger partial charge in [0.2, 0.25) is 0 Å². The molecule has 0 unspecified atom stereocenters. The molecule has 1 fully saturated rings. The molecular weight excluding hydrogens is 635 g/mol. The van der Waals surface area contributed by atoms with Gasteiger partial charge in [0.15, 0.2) is 29.6 Å².